The molecule has 1 aromatic heterocycles. The van der Waals surface area contributed by atoms with E-state index in [2.05, 4.69) is 10.3 Å². The molecule has 0 saturated heterocycles. The Morgan fingerprint density at radius 1 is 1.33 bits per heavy atom. The second-order valence-corrected chi connectivity index (χ2v) is 5.56. The second kappa shape index (κ2) is 5.30. The Morgan fingerprint density at radius 3 is 2.44 bits per heavy atom. The van der Waals surface area contributed by atoms with E-state index < -0.39 is 18.6 Å². The zero-order valence-corrected chi connectivity index (χ0v) is 11.2. The Hall–Kier alpha value is -1.04. The van der Waals surface area contributed by atoms with Gasteiger partial charge < -0.3 is 9.88 Å². The van der Waals surface area contributed by atoms with Crippen LogP contribution in [-0.4, -0.2) is 21.3 Å². The molecule has 104 valence electrons. The molecule has 0 aliphatic carbocycles. The average Bonchev–Trinajstić information content (AvgIpc) is 2.58. The van der Waals surface area contributed by atoms with Gasteiger partial charge >= 0.3 is 6.18 Å². The third-order valence-corrected chi connectivity index (χ3v) is 2.55. The van der Waals surface area contributed by atoms with E-state index in [0.29, 0.717) is 6.54 Å². The lowest BCUT2D eigenvalue weighted by molar-refractivity contribution is -0.141. The van der Waals surface area contributed by atoms with E-state index in [4.69, 9.17) is 0 Å². The first-order valence-electron chi connectivity index (χ1n) is 5.91. The molecule has 0 aliphatic rings. The van der Waals surface area contributed by atoms with Crippen LogP contribution in [0.5, 0.6) is 0 Å². The van der Waals surface area contributed by atoms with Crippen molar-refractivity contribution in [3.63, 3.8) is 0 Å². The summed E-state index contributed by atoms with van der Waals surface area (Å²) >= 11 is 0. The first-order chi connectivity index (χ1) is 8.08. The van der Waals surface area contributed by atoms with Crippen molar-refractivity contribution in [1.82, 2.24) is 14.9 Å². The maximum Gasteiger partial charge on any atom is 0.391 e. The van der Waals surface area contributed by atoms with Gasteiger partial charge in [-0.15, -0.1) is 0 Å². The van der Waals surface area contributed by atoms with Gasteiger partial charge in [0.1, 0.15) is 0 Å². The fourth-order valence-electron chi connectivity index (χ4n) is 1.65. The van der Waals surface area contributed by atoms with E-state index in [1.54, 1.807) is 17.7 Å². The first-order valence-corrected chi connectivity index (χ1v) is 5.91. The lowest BCUT2D eigenvalue weighted by Gasteiger charge is -2.23. The summed E-state index contributed by atoms with van der Waals surface area (Å²) in [6.07, 6.45) is -1.94. The molecule has 1 N–H and O–H groups in total. The zero-order valence-electron chi connectivity index (χ0n) is 11.2. The normalized spacial score (nSPS) is 14.8. The van der Waals surface area contributed by atoms with Crippen molar-refractivity contribution in [1.29, 1.82) is 0 Å². The number of halogens is 3. The van der Waals surface area contributed by atoms with Gasteiger partial charge in [-0.2, -0.15) is 13.2 Å². The summed E-state index contributed by atoms with van der Waals surface area (Å²) in [6, 6.07) is -0.635. The first kappa shape index (κ1) is 15.0. The SMILES string of the molecule is CC(CC(F)(F)F)n1cncc1CNC(C)(C)C. The van der Waals surface area contributed by atoms with Crippen LogP contribution < -0.4 is 5.32 Å². The van der Waals surface area contributed by atoms with Crippen LogP contribution in [0.1, 0.15) is 45.9 Å². The molecular formula is C12H20F3N3. The highest BCUT2D eigenvalue weighted by Gasteiger charge is 2.31. The summed E-state index contributed by atoms with van der Waals surface area (Å²) in [5.74, 6) is 0. The van der Waals surface area contributed by atoms with Crippen molar-refractivity contribution in [3.05, 3.63) is 18.2 Å². The minimum atomic E-state index is -4.15. The predicted octanol–water partition coefficient (Wildman–Crippen LogP) is 3.28. The largest absolute Gasteiger partial charge is 0.391 e. The number of imidazole rings is 1. The van der Waals surface area contributed by atoms with Gasteiger partial charge in [0.2, 0.25) is 0 Å². The third kappa shape index (κ3) is 5.08. The van der Waals surface area contributed by atoms with Gasteiger partial charge in [-0.05, 0) is 27.7 Å². The monoisotopic (exact) mass is 263 g/mol. The number of alkyl halides is 3. The molecule has 1 unspecified atom stereocenters. The van der Waals surface area contributed by atoms with Gasteiger partial charge in [0.15, 0.2) is 0 Å². The molecular weight excluding hydrogens is 243 g/mol. The summed E-state index contributed by atoms with van der Waals surface area (Å²) in [7, 11) is 0. The summed E-state index contributed by atoms with van der Waals surface area (Å²) in [6.45, 7) is 8.08. The second-order valence-electron chi connectivity index (χ2n) is 5.56. The smallest absolute Gasteiger partial charge is 0.330 e. The van der Waals surface area contributed by atoms with Crippen LogP contribution in [0.3, 0.4) is 0 Å². The Morgan fingerprint density at radius 2 is 1.94 bits per heavy atom. The summed E-state index contributed by atoms with van der Waals surface area (Å²) < 4.78 is 38.6. The van der Waals surface area contributed by atoms with Crippen LogP contribution in [0, 0.1) is 0 Å². The summed E-state index contributed by atoms with van der Waals surface area (Å²) in [5.41, 5.74) is 0.684. The summed E-state index contributed by atoms with van der Waals surface area (Å²) in [5, 5.41) is 3.24. The van der Waals surface area contributed by atoms with E-state index in [1.807, 2.05) is 20.8 Å². The van der Waals surface area contributed by atoms with E-state index in [0.717, 1.165) is 5.69 Å². The van der Waals surface area contributed by atoms with Gasteiger partial charge in [0.25, 0.3) is 0 Å². The molecule has 3 nitrogen and oxygen atoms in total. The quantitative estimate of drug-likeness (QED) is 0.903. The van der Waals surface area contributed by atoms with Crippen LogP contribution in [-0.2, 0) is 6.54 Å². The molecule has 1 heterocycles. The molecule has 0 aliphatic heterocycles. The van der Waals surface area contributed by atoms with E-state index in [-0.39, 0.29) is 5.54 Å². The molecule has 0 radical (unpaired) electrons. The molecule has 0 saturated carbocycles. The van der Waals surface area contributed by atoms with Crippen LogP contribution in [0.4, 0.5) is 13.2 Å². The van der Waals surface area contributed by atoms with Crippen LogP contribution in [0.25, 0.3) is 0 Å². The standard InChI is InChI=1S/C12H20F3N3/c1-9(5-12(13,14)15)18-8-16-6-10(18)7-17-11(2,3)4/h6,8-9,17H,5,7H2,1-4H3. The average molecular weight is 263 g/mol. The Balaban J connectivity index is 2.70. The predicted molar refractivity (Wildman–Crippen MR) is 64.2 cm³/mol. The van der Waals surface area contributed by atoms with E-state index >= 15 is 0 Å². The van der Waals surface area contributed by atoms with Crippen molar-refractivity contribution >= 4 is 0 Å². The van der Waals surface area contributed by atoms with Gasteiger partial charge in [-0.3, -0.25) is 0 Å². The number of hydrogen-bond donors (Lipinski definition) is 1. The number of nitrogens with zero attached hydrogens (tertiary/aromatic N) is 2. The highest BCUT2D eigenvalue weighted by atomic mass is 19.4. The topological polar surface area (TPSA) is 29.9 Å². The lowest BCUT2D eigenvalue weighted by Crippen LogP contribution is -2.35. The molecule has 6 heteroatoms. The molecule has 0 bridgehead atoms. The highest BCUT2D eigenvalue weighted by Crippen LogP contribution is 2.28. The molecule has 1 rings (SSSR count). The maximum absolute atomic E-state index is 12.4. The van der Waals surface area contributed by atoms with Gasteiger partial charge in [-0.25, -0.2) is 4.98 Å². The van der Waals surface area contributed by atoms with Crippen molar-refractivity contribution in [3.8, 4) is 0 Å². The van der Waals surface area contributed by atoms with E-state index in [9.17, 15) is 13.2 Å². The van der Waals surface area contributed by atoms with Crippen molar-refractivity contribution in [2.45, 2.75) is 58.4 Å². The molecule has 1 aromatic rings. The van der Waals surface area contributed by atoms with Crippen molar-refractivity contribution in [2.75, 3.05) is 0 Å². The highest BCUT2D eigenvalue weighted by molar-refractivity contribution is 5.01. The number of rotatable bonds is 4. The minimum absolute atomic E-state index is 0.0810. The van der Waals surface area contributed by atoms with Gasteiger partial charge in [0, 0.05) is 24.3 Å². The molecule has 0 fully saturated rings. The Kier molecular flexibility index (Phi) is 4.42. The molecule has 0 amide bonds. The van der Waals surface area contributed by atoms with Crippen LogP contribution in [0.2, 0.25) is 0 Å². The van der Waals surface area contributed by atoms with Crippen LogP contribution >= 0.6 is 0 Å². The number of aromatic nitrogens is 2. The van der Waals surface area contributed by atoms with Crippen molar-refractivity contribution < 1.29 is 13.2 Å². The van der Waals surface area contributed by atoms with Crippen molar-refractivity contribution in [2.24, 2.45) is 0 Å². The van der Waals surface area contributed by atoms with E-state index in [1.165, 1.54) is 6.33 Å². The number of hydrogen-bond acceptors (Lipinski definition) is 2. The Bertz CT molecular complexity index is 377. The van der Waals surface area contributed by atoms with Gasteiger partial charge in [0.05, 0.1) is 18.4 Å². The molecule has 0 spiro atoms. The Labute approximate surface area is 105 Å². The molecule has 1 atom stereocenters. The zero-order chi connectivity index (χ0) is 14.0. The molecule has 18 heavy (non-hydrogen) atoms. The summed E-state index contributed by atoms with van der Waals surface area (Å²) in [4.78, 5) is 3.93. The van der Waals surface area contributed by atoms with Gasteiger partial charge in [-0.1, -0.05) is 0 Å². The third-order valence-electron chi connectivity index (χ3n) is 2.55. The fraction of sp³-hybridized carbons (Fsp3) is 0.750. The maximum atomic E-state index is 12.4. The lowest BCUT2D eigenvalue weighted by atomic mass is 10.1. The molecule has 0 aromatic carbocycles. The minimum Gasteiger partial charge on any atom is -0.330 e. The number of nitrogens with one attached hydrogen (secondary N) is 1. The fourth-order valence-corrected chi connectivity index (χ4v) is 1.65. The van der Waals surface area contributed by atoms with Crippen LogP contribution in [0.15, 0.2) is 12.5 Å².